The molecule has 2 heteroatoms. The van der Waals surface area contributed by atoms with Gasteiger partial charge in [0.2, 0.25) is 0 Å². The Balaban J connectivity index is 1.21. The fourth-order valence-electron chi connectivity index (χ4n) is 7.08. The quantitative estimate of drug-likeness (QED) is 0.179. The van der Waals surface area contributed by atoms with Crippen molar-refractivity contribution in [2.75, 3.05) is 4.90 Å². The van der Waals surface area contributed by atoms with E-state index in [4.69, 9.17) is 4.74 Å². The van der Waals surface area contributed by atoms with Gasteiger partial charge in [0.05, 0.1) is 0 Å². The van der Waals surface area contributed by atoms with Crippen LogP contribution in [-0.4, -0.2) is 0 Å². The first-order valence-corrected chi connectivity index (χ1v) is 17.0. The van der Waals surface area contributed by atoms with E-state index in [1.165, 1.54) is 44.5 Å². The predicted octanol–water partition coefficient (Wildman–Crippen LogP) is 13.6. The van der Waals surface area contributed by atoms with Gasteiger partial charge < -0.3 is 9.64 Å². The van der Waals surface area contributed by atoms with Crippen LogP contribution in [0, 0.1) is 0 Å². The molecule has 0 spiro atoms. The summed E-state index contributed by atoms with van der Waals surface area (Å²) < 4.78 is 6.87. The van der Waals surface area contributed by atoms with Crippen molar-refractivity contribution in [3.05, 3.63) is 200 Å². The second-order valence-electron chi connectivity index (χ2n) is 12.5. The van der Waals surface area contributed by atoms with Crippen molar-refractivity contribution in [2.45, 2.75) is 0 Å². The average molecular weight is 640 g/mol. The summed E-state index contributed by atoms with van der Waals surface area (Å²) in [7, 11) is 0. The van der Waals surface area contributed by atoms with Gasteiger partial charge in [-0.25, -0.2) is 0 Å². The molecular formula is C48H33NO. The molecule has 0 unspecified atom stereocenters. The molecule has 0 N–H and O–H groups in total. The maximum Gasteiger partial charge on any atom is 0.137 e. The molecule has 9 rings (SSSR count). The Bertz CT molecular complexity index is 2330. The summed E-state index contributed by atoms with van der Waals surface area (Å²) in [4.78, 5) is 2.31. The Hall–Kier alpha value is -6.64. The number of ether oxygens (including phenoxy) is 1. The zero-order chi connectivity index (χ0) is 33.3. The number of nitrogens with zero attached hydrogens (tertiary/aromatic N) is 1. The molecule has 1 aliphatic heterocycles. The van der Waals surface area contributed by atoms with Gasteiger partial charge in [0, 0.05) is 39.8 Å². The second kappa shape index (κ2) is 12.8. The molecule has 8 aromatic carbocycles. The molecule has 8 aromatic rings. The van der Waals surface area contributed by atoms with E-state index in [1.807, 2.05) is 6.07 Å². The zero-order valence-electron chi connectivity index (χ0n) is 27.4. The summed E-state index contributed by atoms with van der Waals surface area (Å²) in [6.45, 7) is 0. The van der Waals surface area contributed by atoms with Crippen LogP contribution >= 0.6 is 0 Å². The van der Waals surface area contributed by atoms with Crippen LogP contribution in [0.25, 0.3) is 55.6 Å². The lowest BCUT2D eigenvalue weighted by Gasteiger charge is -2.27. The molecule has 0 aromatic heterocycles. The molecule has 1 aliphatic rings. The van der Waals surface area contributed by atoms with Gasteiger partial charge in [0.25, 0.3) is 0 Å². The van der Waals surface area contributed by atoms with E-state index in [9.17, 15) is 0 Å². The zero-order valence-corrected chi connectivity index (χ0v) is 27.4. The van der Waals surface area contributed by atoms with Gasteiger partial charge in [-0.2, -0.15) is 0 Å². The van der Waals surface area contributed by atoms with Crippen molar-refractivity contribution in [1.82, 2.24) is 0 Å². The van der Waals surface area contributed by atoms with E-state index in [-0.39, 0.29) is 0 Å². The van der Waals surface area contributed by atoms with Crippen LogP contribution in [0.15, 0.2) is 200 Å². The van der Waals surface area contributed by atoms with Gasteiger partial charge >= 0.3 is 0 Å². The van der Waals surface area contributed by atoms with E-state index in [0.717, 1.165) is 39.7 Å². The molecule has 0 aliphatic carbocycles. The first-order chi connectivity index (χ1) is 24.8. The van der Waals surface area contributed by atoms with Gasteiger partial charge in [-0.15, -0.1) is 0 Å². The van der Waals surface area contributed by atoms with E-state index in [2.05, 4.69) is 199 Å². The van der Waals surface area contributed by atoms with E-state index in [1.54, 1.807) is 0 Å². The first-order valence-electron chi connectivity index (χ1n) is 17.0. The van der Waals surface area contributed by atoms with Gasteiger partial charge in [0.15, 0.2) is 0 Å². The SMILES string of the molecule is c1ccc(-c2ccc(N(c3ccc(-c4ccccc4)cc3)c3ccc4c(c3)Oc3ccccc3-c3cccc(-c5ccccc5)c3-4)cc2)cc1. The van der Waals surface area contributed by atoms with Crippen molar-refractivity contribution in [3.8, 4) is 67.1 Å². The van der Waals surface area contributed by atoms with E-state index >= 15 is 0 Å². The Morgan fingerprint density at radius 2 is 0.740 bits per heavy atom. The molecule has 0 saturated heterocycles. The van der Waals surface area contributed by atoms with Gasteiger partial charge in [-0.05, 0) is 81.4 Å². The summed E-state index contributed by atoms with van der Waals surface area (Å²) in [5, 5.41) is 0. The third kappa shape index (κ3) is 5.43. The van der Waals surface area contributed by atoms with Crippen LogP contribution in [0.5, 0.6) is 11.5 Å². The van der Waals surface area contributed by atoms with Crippen LogP contribution in [0.4, 0.5) is 17.1 Å². The third-order valence-electron chi connectivity index (χ3n) is 9.50. The van der Waals surface area contributed by atoms with Crippen molar-refractivity contribution < 1.29 is 4.74 Å². The lowest BCUT2D eigenvalue weighted by Crippen LogP contribution is -2.10. The molecule has 0 radical (unpaired) electrons. The highest BCUT2D eigenvalue weighted by atomic mass is 16.5. The average Bonchev–Trinajstić information content (AvgIpc) is 3.34. The lowest BCUT2D eigenvalue weighted by molar-refractivity contribution is 0.488. The highest BCUT2D eigenvalue weighted by molar-refractivity contribution is 5.99. The molecule has 2 nitrogen and oxygen atoms in total. The summed E-state index contributed by atoms with van der Waals surface area (Å²) in [5.74, 6) is 1.67. The number of benzene rings is 8. The van der Waals surface area contributed by atoms with Crippen LogP contribution < -0.4 is 9.64 Å². The standard InChI is InChI=1S/C48H33NO/c1-4-13-34(14-5-1)36-23-27-39(28-24-36)49(40-29-25-37(26-30-40)35-15-6-2-7-16-35)41-31-32-45-47(33-41)50-46-22-11-10-19-43(46)44-21-12-20-42(48(44)45)38-17-8-3-9-18-38/h1-33H. The molecule has 236 valence electrons. The van der Waals surface area contributed by atoms with E-state index < -0.39 is 0 Å². The summed E-state index contributed by atoms with van der Waals surface area (Å²) >= 11 is 0. The van der Waals surface area contributed by atoms with Gasteiger partial charge in [-0.3, -0.25) is 0 Å². The topological polar surface area (TPSA) is 12.5 Å². The number of anilines is 3. The molecular weight excluding hydrogens is 607 g/mol. The molecule has 0 amide bonds. The van der Waals surface area contributed by atoms with Crippen LogP contribution in [0.1, 0.15) is 0 Å². The third-order valence-corrected chi connectivity index (χ3v) is 9.50. The highest BCUT2D eigenvalue weighted by Crippen LogP contribution is 2.51. The maximum absolute atomic E-state index is 6.87. The number of rotatable bonds is 6. The minimum absolute atomic E-state index is 0.823. The van der Waals surface area contributed by atoms with Crippen LogP contribution in [0.3, 0.4) is 0 Å². The smallest absolute Gasteiger partial charge is 0.137 e. The number of hydrogen-bond donors (Lipinski definition) is 0. The Labute approximate surface area is 293 Å². The van der Waals surface area contributed by atoms with Gasteiger partial charge in [0.1, 0.15) is 11.5 Å². The summed E-state index contributed by atoms with van der Waals surface area (Å²) in [6, 6.07) is 70.9. The number of fused-ring (bicyclic) bond motifs is 5. The summed E-state index contributed by atoms with van der Waals surface area (Å²) in [5.41, 5.74) is 14.8. The van der Waals surface area contributed by atoms with Crippen molar-refractivity contribution in [3.63, 3.8) is 0 Å². The second-order valence-corrected chi connectivity index (χ2v) is 12.5. The Morgan fingerprint density at radius 3 is 1.34 bits per heavy atom. The van der Waals surface area contributed by atoms with Crippen molar-refractivity contribution in [1.29, 1.82) is 0 Å². The van der Waals surface area contributed by atoms with Crippen molar-refractivity contribution in [2.24, 2.45) is 0 Å². The largest absolute Gasteiger partial charge is 0.456 e. The molecule has 0 atom stereocenters. The normalized spacial score (nSPS) is 11.4. The lowest BCUT2D eigenvalue weighted by atomic mass is 9.87. The minimum atomic E-state index is 0.823. The van der Waals surface area contributed by atoms with Crippen LogP contribution in [0.2, 0.25) is 0 Å². The monoisotopic (exact) mass is 639 g/mol. The molecule has 0 fully saturated rings. The number of para-hydroxylation sites is 1. The van der Waals surface area contributed by atoms with Gasteiger partial charge in [-0.1, -0.05) is 152 Å². The molecule has 1 heterocycles. The van der Waals surface area contributed by atoms with E-state index in [0.29, 0.717) is 0 Å². The fraction of sp³-hybridized carbons (Fsp3) is 0. The minimum Gasteiger partial charge on any atom is -0.456 e. The molecule has 0 saturated carbocycles. The van der Waals surface area contributed by atoms with Crippen molar-refractivity contribution >= 4 is 17.1 Å². The Kier molecular flexibility index (Phi) is 7.53. The van der Waals surface area contributed by atoms with Crippen LogP contribution in [-0.2, 0) is 0 Å². The Morgan fingerprint density at radius 1 is 0.280 bits per heavy atom. The predicted molar refractivity (Wildman–Crippen MR) is 208 cm³/mol. The summed E-state index contributed by atoms with van der Waals surface area (Å²) in [6.07, 6.45) is 0. The maximum atomic E-state index is 6.87. The number of hydrogen-bond acceptors (Lipinski definition) is 2. The first kappa shape index (κ1) is 29.5. The molecule has 0 bridgehead atoms. The molecule has 50 heavy (non-hydrogen) atoms. The fourth-order valence-corrected chi connectivity index (χ4v) is 7.08. The highest BCUT2D eigenvalue weighted by Gasteiger charge is 2.25.